The lowest BCUT2D eigenvalue weighted by Gasteiger charge is -2.34. The first kappa shape index (κ1) is 18.2. The molecule has 1 aliphatic carbocycles. The van der Waals surface area contributed by atoms with Crippen molar-refractivity contribution in [2.75, 3.05) is 12.4 Å². The molecular weight excluding hydrogens is 331 g/mol. The lowest BCUT2D eigenvalue weighted by atomic mass is 9.94. The molecule has 1 saturated carbocycles. The summed E-state index contributed by atoms with van der Waals surface area (Å²) >= 11 is 0. The number of methoxy groups -OCH3 is 1. The number of carbonyl (C=O) groups is 1. The van der Waals surface area contributed by atoms with Gasteiger partial charge in [0, 0.05) is 18.3 Å². The summed E-state index contributed by atoms with van der Waals surface area (Å²) in [6.45, 7) is 0.479. The Hall–Kier alpha value is -2.56. The Labute approximate surface area is 154 Å². The number of halogens is 1. The second kappa shape index (κ2) is 8.70. The number of ether oxygens (including phenoxy) is 1. The molecule has 0 spiro atoms. The molecule has 0 saturated heterocycles. The highest BCUT2D eigenvalue weighted by Gasteiger charge is 2.25. The van der Waals surface area contributed by atoms with Crippen LogP contribution in [0.4, 0.5) is 14.9 Å². The summed E-state index contributed by atoms with van der Waals surface area (Å²) < 4.78 is 18.3. The third kappa shape index (κ3) is 4.75. The number of carbonyl (C=O) groups excluding carboxylic acids is 1. The van der Waals surface area contributed by atoms with Crippen LogP contribution in [0, 0.1) is 5.82 Å². The molecule has 1 N–H and O–H groups in total. The molecule has 1 aliphatic rings. The van der Waals surface area contributed by atoms with Crippen LogP contribution in [0.25, 0.3) is 0 Å². The van der Waals surface area contributed by atoms with Crippen LogP contribution >= 0.6 is 0 Å². The van der Waals surface area contributed by atoms with Gasteiger partial charge in [-0.1, -0.05) is 31.4 Å². The Bertz CT molecular complexity index is 710. The SMILES string of the molecule is COc1ccc(NC(=O)N(Cc2ccc(F)cc2)C2CCCCC2)cc1. The second-order valence-electron chi connectivity index (χ2n) is 6.70. The van der Waals surface area contributed by atoms with Gasteiger partial charge in [0.15, 0.2) is 0 Å². The van der Waals surface area contributed by atoms with Crippen LogP contribution in [0.3, 0.4) is 0 Å². The molecule has 0 aliphatic heterocycles. The fourth-order valence-electron chi connectivity index (χ4n) is 3.42. The minimum Gasteiger partial charge on any atom is -0.497 e. The minimum absolute atomic E-state index is 0.119. The average Bonchev–Trinajstić information content (AvgIpc) is 2.68. The summed E-state index contributed by atoms with van der Waals surface area (Å²) in [7, 11) is 1.61. The molecule has 2 aromatic rings. The van der Waals surface area contributed by atoms with Gasteiger partial charge in [-0.15, -0.1) is 0 Å². The van der Waals surface area contributed by atoms with Crippen LogP contribution in [-0.2, 0) is 6.54 Å². The van der Waals surface area contributed by atoms with Gasteiger partial charge in [0.2, 0.25) is 0 Å². The first-order valence-electron chi connectivity index (χ1n) is 9.12. The van der Waals surface area contributed by atoms with E-state index in [2.05, 4.69) is 5.32 Å². The number of rotatable bonds is 5. The molecule has 4 nitrogen and oxygen atoms in total. The number of hydrogen-bond acceptors (Lipinski definition) is 2. The standard InChI is InChI=1S/C21H25FN2O2/c1-26-20-13-11-18(12-14-20)23-21(25)24(19-5-3-2-4-6-19)15-16-7-9-17(22)10-8-16/h7-14,19H,2-6,15H2,1H3,(H,23,25). The third-order valence-corrected chi connectivity index (χ3v) is 4.88. The van der Waals surface area contributed by atoms with Gasteiger partial charge in [0.25, 0.3) is 0 Å². The van der Waals surface area contributed by atoms with Crippen LogP contribution in [0.2, 0.25) is 0 Å². The molecule has 0 heterocycles. The molecule has 0 bridgehead atoms. The average molecular weight is 356 g/mol. The normalized spacial score (nSPS) is 14.7. The predicted molar refractivity (Wildman–Crippen MR) is 101 cm³/mol. The maximum Gasteiger partial charge on any atom is 0.322 e. The van der Waals surface area contributed by atoms with Crippen LogP contribution in [0.1, 0.15) is 37.7 Å². The van der Waals surface area contributed by atoms with E-state index in [-0.39, 0.29) is 17.9 Å². The monoisotopic (exact) mass is 356 g/mol. The van der Waals surface area contributed by atoms with E-state index in [1.54, 1.807) is 19.2 Å². The van der Waals surface area contributed by atoms with E-state index >= 15 is 0 Å². The van der Waals surface area contributed by atoms with Gasteiger partial charge in [-0.25, -0.2) is 9.18 Å². The van der Waals surface area contributed by atoms with Gasteiger partial charge in [0.05, 0.1) is 7.11 Å². The van der Waals surface area contributed by atoms with Crippen molar-refractivity contribution in [3.8, 4) is 5.75 Å². The topological polar surface area (TPSA) is 41.6 Å². The number of amides is 2. The van der Waals surface area contributed by atoms with Gasteiger partial charge in [-0.3, -0.25) is 0 Å². The number of nitrogens with zero attached hydrogens (tertiary/aromatic N) is 1. The predicted octanol–water partition coefficient (Wildman–Crippen LogP) is 5.20. The Balaban J connectivity index is 1.74. The van der Waals surface area contributed by atoms with Crippen molar-refractivity contribution in [3.63, 3.8) is 0 Å². The fourth-order valence-corrected chi connectivity index (χ4v) is 3.42. The van der Waals surface area contributed by atoms with E-state index in [0.29, 0.717) is 6.54 Å². The smallest absolute Gasteiger partial charge is 0.322 e. The summed E-state index contributed by atoms with van der Waals surface area (Å²) in [5.41, 5.74) is 1.66. The van der Waals surface area contributed by atoms with Crippen LogP contribution in [-0.4, -0.2) is 24.1 Å². The van der Waals surface area contributed by atoms with Crippen molar-refractivity contribution in [1.29, 1.82) is 0 Å². The minimum atomic E-state index is -0.263. The molecule has 0 aromatic heterocycles. The summed E-state index contributed by atoms with van der Waals surface area (Å²) in [5.74, 6) is 0.485. The Morgan fingerprint density at radius 3 is 2.35 bits per heavy atom. The van der Waals surface area contributed by atoms with Crippen LogP contribution < -0.4 is 10.1 Å². The van der Waals surface area contributed by atoms with E-state index < -0.39 is 0 Å². The molecule has 5 heteroatoms. The molecule has 138 valence electrons. The fraction of sp³-hybridized carbons (Fsp3) is 0.381. The van der Waals surface area contributed by atoms with Crippen molar-refractivity contribution in [3.05, 3.63) is 59.9 Å². The first-order chi connectivity index (χ1) is 12.7. The van der Waals surface area contributed by atoms with Crippen molar-refractivity contribution in [1.82, 2.24) is 4.90 Å². The van der Waals surface area contributed by atoms with E-state index in [1.807, 2.05) is 29.2 Å². The highest BCUT2D eigenvalue weighted by Crippen LogP contribution is 2.25. The zero-order valence-electron chi connectivity index (χ0n) is 15.1. The Kier molecular flexibility index (Phi) is 6.10. The number of hydrogen-bond donors (Lipinski definition) is 1. The zero-order chi connectivity index (χ0) is 18.4. The largest absolute Gasteiger partial charge is 0.497 e. The Morgan fingerprint density at radius 2 is 1.73 bits per heavy atom. The maximum atomic E-state index is 13.2. The quantitative estimate of drug-likeness (QED) is 0.800. The van der Waals surface area contributed by atoms with Crippen molar-refractivity contribution in [2.45, 2.75) is 44.7 Å². The van der Waals surface area contributed by atoms with E-state index in [9.17, 15) is 9.18 Å². The molecule has 0 unspecified atom stereocenters. The number of benzene rings is 2. The number of anilines is 1. The van der Waals surface area contributed by atoms with Gasteiger partial charge in [-0.2, -0.15) is 0 Å². The van der Waals surface area contributed by atoms with Gasteiger partial charge < -0.3 is 15.0 Å². The van der Waals surface area contributed by atoms with Crippen molar-refractivity contribution in [2.24, 2.45) is 0 Å². The zero-order valence-corrected chi connectivity index (χ0v) is 15.1. The van der Waals surface area contributed by atoms with Gasteiger partial charge >= 0.3 is 6.03 Å². The number of nitrogens with one attached hydrogen (secondary N) is 1. The number of urea groups is 1. The molecule has 0 atom stereocenters. The van der Waals surface area contributed by atoms with Crippen molar-refractivity contribution >= 4 is 11.7 Å². The Morgan fingerprint density at radius 1 is 1.08 bits per heavy atom. The first-order valence-corrected chi connectivity index (χ1v) is 9.12. The highest BCUT2D eigenvalue weighted by molar-refractivity contribution is 5.89. The lowest BCUT2D eigenvalue weighted by molar-refractivity contribution is 0.163. The molecule has 26 heavy (non-hydrogen) atoms. The molecular formula is C21H25FN2O2. The van der Waals surface area contributed by atoms with E-state index in [0.717, 1.165) is 42.7 Å². The van der Waals surface area contributed by atoms with E-state index in [4.69, 9.17) is 4.74 Å². The van der Waals surface area contributed by atoms with Gasteiger partial charge in [-0.05, 0) is 54.8 Å². The van der Waals surface area contributed by atoms with Crippen LogP contribution in [0.5, 0.6) is 5.75 Å². The van der Waals surface area contributed by atoms with Crippen LogP contribution in [0.15, 0.2) is 48.5 Å². The second-order valence-corrected chi connectivity index (χ2v) is 6.70. The molecule has 3 rings (SSSR count). The summed E-state index contributed by atoms with van der Waals surface area (Å²) in [6, 6.07) is 13.8. The highest BCUT2D eigenvalue weighted by atomic mass is 19.1. The molecule has 1 fully saturated rings. The van der Waals surface area contributed by atoms with Gasteiger partial charge in [0.1, 0.15) is 11.6 Å². The van der Waals surface area contributed by atoms with E-state index in [1.165, 1.54) is 18.6 Å². The molecule has 0 radical (unpaired) electrons. The molecule has 2 amide bonds. The van der Waals surface area contributed by atoms with Crippen molar-refractivity contribution < 1.29 is 13.9 Å². The summed E-state index contributed by atoms with van der Waals surface area (Å²) in [4.78, 5) is 14.8. The molecule has 2 aromatic carbocycles. The maximum absolute atomic E-state index is 13.2. The summed E-state index contributed by atoms with van der Waals surface area (Å²) in [6.07, 6.45) is 5.52. The lowest BCUT2D eigenvalue weighted by Crippen LogP contribution is -2.43. The third-order valence-electron chi connectivity index (χ3n) is 4.88. The summed E-state index contributed by atoms with van der Waals surface area (Å²) in [5, 5.41) is 2.98.